The van der Waals surface area contributed by atoms with Crippen LogP contribution in [0.5, 0.6) is 5.75 Å². The number of amides is 2. The Morgan fingerprint density at radius 2 is 1.86 bits per heavy atom. The number of aryl methyl sites for hydroxylation is 1. The van der Waals surface area contributed by atoms with Crippen LogP contribution in [-0.2, 0) is 26.2 Å². The third-order valence-corrected chi connectivity index (χ3v) is 8.04. The average molecular weight is 550 g/mol. The Balaban J connectivity index is 1.95. The summed E-state index contributed by atoms with van der Waals surface area (Å²) in [6.07, 6.45) is 5.42. The molecule has 8 nitrogen and oxygen atoms in total. The molecule has 0 aliphatic heterocycles. The van der Waals surface area contributed by atoms with Gasteiger partial charge in [0.25, 0.3) is 0 Å². The van der Waals surface area contributed by atoms with E-state index in [9.17, 15) is 18.0 Å². The predicted molar refractivity (Wildman–Crippen MR) is 146 cm³/mol. The monoisotopic (exact) mass is 549 g/mol. The van der Waals surface area contributed by atoms with Gasteiger partial charge >= 0.3 is 0 Å². The van der Waals surface area contributed by atoms with E-state index in [2.05, 4.69) is 5.32 Å². The van der Waals surface area contributed by atoms with Crippen LogP contribution in [0.3, 0.4) is 0 Å². The number of hydrogen-bond acceptors (Lipinski definition) is 5. The number of hydrogen-bond donors (Lipinski definition) is 1. The first-order valence-electron chi connectivity index (χ1n) is 12.5. The summed E-state index contributed by atoms with van der Waals surface area (Å²) < 4.78 is 32.0. The van der Waals surface area contributed by atoms with Crippen molar-refractivity contribution in [2.75, 3.05) is 24.2 Å². The number of benzene rings is 2. The van der Waals surface area contributed by atoms with Gasteiger partial charge in [-0.25, -0.2) is 8.42 Å². The maximum absolute atomic E-state index is 13.8. The molecular formula is C27H36ClN3O5S. The second-order valence-electron chi connectivity index (χ2n) is 9.49. The molecule has 0 radical (unpaired) electrons. The first kappa shape index (κ1) is 28.8. The zero-order valence-electron chi connectivity index (χ0n) is 21.9. The number of ether oxygens (including phenoxy) is 1. The van der Waals surface area contributed by atoms with Gasteiger partial charge in [-0.1, -0.05) is 43.5 Å². The highest BCUT2D eigenvalue weighted by atomic mass is 35.5. The number of sulfonamides is 1. The largest absolute Gasteiger partial charge is 0.497 e. The Labute approximate surface area is 225 Å². The first-order valence-corrected chi connectivity index (χ1v) is 14.7. The molecule has 1 aliphatic rings. The van der Waals surface area contributed by atoms with Crippen molar-refractivity contribution in [3.8, 4) is 5.75 Å². The molecule has 0 heterocycles. The second kappa shape index (κ2) is 12.6. The van der Waals surface area contributed by atoms with Gasteiger partial charge < -0.3 is 15.0 Å². The van der Waals surface area contributed by atoms with Gasteiger partial charge in [-0.3, -0.25) is 13.9 Å². The molecule has 2 aromatic rings. The molecule has 1 fully saturated rings. The number of halogens is 1. The van der Waals surface area contributed by atoms with Crippen molar-refractivity contribution >= 4 is 39.1 Å². The summed E-state index contributed by atoms with van der Waals surface area (Å²) in [5.41, 5.74) is 1.76. The van der Waals surface area contributed by atoms with E-state index < -0.39 is 28.5 Å². The van der Waals surface area contributed by atoms with Crippen LogP contribution in [0.1, 0.15) is 50.2 Å². The van der Waals surface area contributed by atoms with Gasteiger partial charge in [-0.15, -0.1) is 0 Å². The molecule has 1 aliphatic carbocycles. The van der Waals surface area contributed by atoms with E-state index in [1.807, 2.05) is 19.1 Å². The van der Waals surface area contributed by atoms with E-state index in [0.717, 1.165) is 41.8 Å². The lowest BCUT2D eigenvalue weighted by Crippen LogP contribution is -2.53. The maximum atomic E-state index is 13.8. The lowest BCUT2D eigenvalue weighted by molar-refractivity contribution is -0.140. The number of carbonyl (C=O) groups is 2. The van der Waals surface area contributed by atoms with Crippen molar-refractivity contribution in [1.29, 1.82) is 0 Å². The highest BCUT2D eigenvalue weighted by Crippen LogP contribution is 2.27. The Hall–Kier alpha value is -2.78. The molecule has 1 N–H and O–H groups in total. The van der Waals surface area contributed by atoms with Crippen LogP contribution in [0, 0.1) is 6.92 Å². The minimum atomic E-state index is -3.81. The van der Waals surface area contributed by atoms with Crippen LogP contribution in [0.15, 0.2) is 42.5 Å². The second-order valence-corrected chi connectivity index (χ2v) is 11.8. The average Bonchev–Trinajstić information content (AvgIpc) is 3.35. The van der Waals surface area contributed by atoms with Crippen molar-refractivity contribution < 1.29 is 22.7 Å². The van der Waals surface area contributed by atoms with Gasteiger partial charge in [-0.05, 0) is 67.6 Å². The van der Waals surface area contributed by atoms with Crippen molar-refractivity contribution in [2.45, 2.75) is 64.6 Å². The molecular weight excluding hydrogens is 514 g/mol. The van der Waals surface area contributed by atoms with Gasteiger partial charge in [0.2, 0.25) is 21.8 Å². The standard InChI is InChI=1S/C27H36ClN3O5S/c1-5-24(27(33)29-22-10-6-7-11-22)30(17-20-9-8-12-23(16-20)36-3)26(32)18-31(37(4,34)35)25-14-13-21(28)15-19(25)2/h8-9,12-16,22,24H,5-7,10-11,17-18H2,1-4H3,(H,29,33)/t24-/m1/s1. The van der Waals surface area contributed by atoms with Crippen molar-refractivity contribution in [3.63, 3.8) is 0 Å². The molecule has 2 amide bonds. The molecule has 0 saturated heterocycles. The summed E-state index contributed by atoms with van der Waals surface area (Å²) in [7, 11) is -2.25. The van der Waals surface area contributed by atoms with Crippen LogP contribution in [0.2, 0.25) is 5.02 Å². The Morgan fingerprint density at radius 3 is 2.46 bits per heavy atom. The summed E-state index contributed by atoms with van der Waals surface area (Å²) >= 11 is 6.07. The number of nitrogens with zero attached hydrogens (tertiary/aromatic N) is 2. The van der Waals surface area contributed by atoms with Crippen LogP contribution in [0.4, 0.5) is 5.69 Å². The molecule has 0 aromatic heterocycles. The molecule has 2 aromatic carbocycles. The highest BCUT2D eigenvalue weighted by molar-refractivity contribution is 7.92. The zero-order valence-corrected chi connectivity index (χ0v) is 23.4. The maximum Gasteiger partial charge on any atom is 0.244 e. The number of rotatable bonds is 11. The Morgan fingerprint density at radius 1 is 1.16 bits per heavy atom. The fourth-order valence-corrected chi connectivity index (χ4v) is 5.88. The molecule has 202 valence electrons. The van der Waals surface area contributed by atoms with Crippen molar-refractivity contribution in [1.82, 2.24) is 10.2 Å². The molecule has 10 heteroatoms. The molecule has 1 atom stereocenters. The summed E-state index contributed by atoms with van der Waals surface area (Å²) in [5, 5.41) is 3.57. The molecule has 3 rings (SSSR count). The van der Waals surface area contributed by atoms with Crippen molar-refractivity contribution in [2.24, 2.45) is 0 Å². The Kier molecular flexibility index (Phi) is 9.84. The number of anilines is 1. The smallest absolute Gasteiger partial charge is 0.244 e. The van der Waals surface area contributed by atoms with Gasteiger partial charge in [0.1, 0.15) is 18.3 Å². The third kappa shape index (κ3) is 7.61. The highest BCUT2D eigenvalue weighted by Gasteiger charge is 2.33. The fraction of sp³-hybridized carbons (Fsp3) is 0.481. The summed E-state index contributed by atoms with van der Waals surface area (Å²) in [6, 6.07) is 11.4. The molecule has 37 heavy (non-hydrogen) atoms. The third-order valence-electron chi connectivity index (χ3n) is 6.68. The minimum absolute atomic E-state index is 0.0968. The number of methoxy groups -OCH3 is 1. The molecule has 0 bridgehead atoms. The number of nitrogens with one attached hydrogen (secondary N) is 1. The predicted octanol–water partition coefficient (Wildman–Crippen LogP) is 4.29. The fourth-order valence-electron chi connectivity index (χ4n) is 4.75. The summed E-state index contributed by atoms with van der Waals surface area (Å²) in [4.78, 5) is 28.7. The van der Waals surface area contributed by atoms with Gasteiger partial charge in [0.05, 0.1) is 19.1 Å². The Bertz CT molecular complexity index is 1210. The van der Waals surface area contributed by atoms with E-state index in [1.54, 1.807) is 44.4 Å². The van der Waals surface area contributed by atoms with Crippen molar-refractivity contribution in [3.05, 3.63) is 58.6 Å². The van der Waals surface area contributed by atoms with E-state index in [0.29, 0.717) is 28.4 Å². The molecule has 0 unspecified atom stereocenters. The van der Waals surface area contributed by atoms with Crippen LogP contribution in [0.25, 0.3) is 0 Å². The lowest BCUT2D eigenvalue weighted by atomic mass is 10.1. The molecule has 1 saturated carbocycles. The first-order chi connectivity index (χ1) is 17.5. The lowest BCUT2D eigenvalue weighted by Gasteiger charge is -2.33. The number of carbonyl (C=O) groups excluding carboxylic acids is 2. The van der Waals surface area contributed by atoms with E-state index in [1.165, 1.54) is 4.90 Å². The van der Waals surface area contributed by atoms with Gasteiger partial charge in [0.15, 0.2) is 0 Å². The van der Waals surface area contributed by atoms with E-state index in [4.69, 9.17) is 16.3 Å². The summed E-state index contributed by atoms with van der Waals surface area (Å²) in [6.45, 7) is 3.27. The van der Waals surface area contributed by atoms with E-state index in [-0.39, 0.29) is 18.5 Å². The topological polar surface area (TPSA) is 96.0 Å². The quantitative estimate of drug-likeness (QED) is 0.451. The van der Waals surface area contributed by atoms with Crippen LogP contribution in [-0.4, -0.2) is 57.1 Å². The van der Waals surface area contributed by atoms with Gasteiger partial charge in [-0.2, -0.15) is 0 Å². The summed E-state index contributed by atoms with van der Waals surface area (Å²) in [5.74, 6) is -0.0712. The SMILES string of the molecule is CC[C@H](C(=O)NC1CCCC1)N(Cc1cccc(OC)c1)C(=O)CN(c1ccc(Cl)cc1C)S(C)(=O)=O. The van der Waals surface area contributed by atoms with E-state index >= 15 is 0 Å². The van der Waals surface area contributed by atoms with Crippen LogP contribution >= 0.6 is 11.6 Å². The van der Waals surface area contributed by atoms with Crippen LogP contribution < -0.4 is 14.4 Å². The normalized spacial score (nSPS) is 14.7. The zero-order chi connectivity index (χ0) is 27.2. The molecule has 0 spiro atoms. The minimum Gasteiger partial charge on any atom is -0.497 e. The van der Waals surface area contributed by atoms with Gasteiger partial charge in [0, 0.05) is 17.6 Å².